The molecule has 0 aliphatic carbocycles. The van der Waals surface area contributed by atoms with Gasteiger partial charge in [0.05, 0.1) is 6.04 Å². The topological polar surface area (TPSA) is 284 Å². The molecular formula is C23H45N9O6. The smallest absolute Gasteiger partial charge is 0.326 e. The Morgan fingerprint density at radius 1 is 0.842 bits per heavy atom. The van der Waals surface area contributed by atoms with Crippen LogP contribution in [0.5, 0.6) is 0 Å². The molecule has 15 heteroatoms. The van der Waals surface area contributed by atoms with E-state index in [0.29, 0.717) is 32.2 Å². The van der Waals surface area contributed by atoms with E-state index in [1.807, 2.05) is 6.92 Å². The molecule has 0 aromatic carbocycles. The Morgan fingerprint density at radius 2 is 1.45 bits per heavy atom. The lowest BCUT2D eigenvalue weighted by Gasteiger charge is -2.28. The number of primary amides is 1. The number of nitrogens with one attached hydrogen (secondary N) is 3. The molecule has 15 nitrogen and oxygen atoms in total. The fraction of sp³-hybridized carbons (Fsp3) is 0.739. The van der Waals surface area contributed by atoms with Gasteiger partial charge in [-0.2, -0.15) is 0 Å². The van der Waals surface area contributed by atoms with Crippen LogP contribution in [-0.4, -0.2) is 77.9 Å². The van der Waals surface area contributed by atoms with E-state index < -0.39 is 53.8 Å². The van der Waals surface area contributed by atoms with Crippen LogP contribution in [0.25, 0.3) is 0 Å². The van der Waals surface area contributed by atoms with Crippen LogP contribution in [0.15, 0.2) is 4.99 Å². The highest BCUT2D eigenvalue weighted by atomic mass is 16.4. The molecule has 4 amide bonds. The number of aliphatic carboxylic acids is 1. The maximum Gasteiger partial charge on any atom is 0.326 e. The van der Waals surface area contributed by atoms with Gasteiger partial charge in [-0.3, -0.25) is 24.2 Å². The zero-order valence-electron chi connectivity index (χ0n) is 22.3. The Bertz CT molecular complexity index is 819. The van der Waals surface area contributed by atoms with Crippen LogP contribution in [0.4, 0.5) is 0 Å². The summed E-state index contributed by atoms with van der Waals surface area (Å²) in [6.07, 6.45) is 2.11. The molecule has 5 atom stereocenters. The Labute approximate surface area is 223 Å². The van der Waals surface area contributed by atoms with E-state index in [1.54, 1.807) is 6.92 Å². The van der Waals surface area contributed by atoms with Crippen LogP contribution >= 0.6 is 0 Å². The second-order valence-corrected chi connectivity index (χ2v) is 9.18. The summed E-state index contributed by atoms with van der Waals surface area (Å²) in [6, 6.07) is -4.40. The monoisotopic (exact) mass is 543 g/mol. The van der Waals surface area contributed by atoms with E-state index in [1.165, 1.54) is 0 Å². The van der Waals surface area contributed by atoms with Gasteiger partial charge in [0.15, 0.2) is 5.96 Å². The maximum atomic E-state index is 13.2. The van der Waals surface area contributed by atoms with Crippen molar-refractivity contribution >= 4 is 35.6 Å². The molecule has 0 heterocycles. The summed E-state index contributed by atoms with van der Waals surface area (Å²) in [4.78, 5) is 65.4. The highest BCUT2D eigenvalue weighted by molar-refractivity contribution is 5.94. The normalized spacial score (nSPS) is 14.7. The van der Waals surface area contributed by atoms with Crippen molar-refractivity contribution in [3.8, 4) is 0 Å². The molecule has 0 radical (unpaired) electrons. The van der Waals surface area contributed by atoms with E-state index >= 15 is 0 Å². The van der Waals surface area contributed by atoms with Crippen molar-refractivity contribution in [2.75, 3.05) is 13.1 Å². The first-order valence-corrected chi connectivity index (χ1v) is 12.8. The van der Waals surface area contributed by atoms with Gasteiger partial charge >= 0.3 is 5.97 Å². The number of carboxylic acids is 1. The molecule has 0 rings (SSSR count). The van der Waals surface area contributed by atoms with E-state index in [4.69, 9.17) is 28.7 Å². The SMILES string of the molecule is CCC(C)C(NC(=O)C(CCCN=C(N)N)NC(=O)C(N)CCC(N)=O)C(=O)NC(CCCCN)C(=O)O. The summed E-state index contributed by atoms with van der Waals surface area (Å²) in [7, 11) is 0. The second kappa shape index (κ2) is 18.7. The molecule has 0 aromatic rings. The van der Waals surface area contributed by atoms with Gasteiger partial charge in [-0.05, 0) is 51.0 Å². The van der Waals surface area contributed by atoms with Crippen molar-refractivity contribution in [1.29, 1.82) is 0 Å². The van der Waals surface area contributed by atoms with Crippen molar-refractivity contribution in [3.05, 3.63) is 0 Å². The van der Waals surface area contributed by atoms with E-state index in [0.717, 1.165) is 0 Å². The number of rotatable bonds is 20. The number of aliphatic imine (C=N–C) groups is 1. The predicted molar refractivity (Wildman–Crippen MR) is 142 cm³/mol. The molecular weight excluding hydrogens is 498 g/mol. The van der Waals surface area contributed by atoms with Gasteiger partial charge in [-0.15, -0.1) is 0 Å². The minimum atomic E-state index is -1.19. The van der Waals surface area contributed by atoms with Gasteiger partial charge in [0.25, 0.3) is 0 Å². The first kappa shape index (κ1) is 34.5. The molecule has 0 saturated heterocycles. The Hall–Kier alpha value is -3.46. The Balaban J connectivity index is 5.62. The fourth-order valence-electron chi connectivity index (χ4n) is 3.45. The number of nitrogens with two attached hydrogens (primary N) is 5. The van der Waals surface area contributed by atoms with Crippen LogP contribution in [0.1, 0.15) is 65.2 Å². The summed E-state index contributed by atoms with van der Waals surface area (Å²) < 4.78 is 0. The average Bonchev–Trinajstić information content (AvgIpc) is 2.85. The number of unbranched alkanes of at least 4 members (excludes halogenated alkanes) is 1. The summed E-state index contributed by atoms with van der Waals surface area (Å²) in [5, 5.41) is 17.2. The van der Waals surface area contributed by atoms with Crippen LogP contribution < -0.4 is 44.6 Å². The van der Waals surface area contributed by atoms with Crippen molar-refractivity contribution in [3.63, 3.8) is 0 Å². The number of hydrogen-bond acceptors (Lipinski definition) is 8. The highest BCUT2D eigenvalue weighted by Crippen LogP contribution is 2.11. The Morgan fingerprint density at radius 3 is 1.97 bits per heavy atom. The molecule has 5 unspecified atom stereocenters. The van der Waals surface area contributed by atoms with Crippen LogP contribution in [-0.2, 0) is 24.0 Å². The molecule has 0 saturated carbocycles. The molecule has 0 aliphatic heterocycles. The average molecular weight is 544 g/mol. The van der Waals surface area contributed by atoms with Gasteiger partial charge < -0.3 is 49.7 Å². The zero-order chi connectivity index (χ0) is 29.3. The first-order valence-electron chi connectivity index (χ1n) is 12.8. The number of carbonyl (C=O) groups excluding carboxylic acids is 4. The molecule has 38 heavy (non-hydrogen) atoms. The van der Waals surface area contributed by atoms with Crippen molar-refractivity contribution in [1.82, 2.24) is 16.0 Å². The number of carbonyl (C=O) groups is 5. The van der Waals surface area contributed by atoms with E-state index in [2.05, 4.69) is 20.9 Å². The second-order valence-electron chi connectivity index (χ2n) is 9.18. The van der Waals surface area contributed by atoms with Gasteiger partial charge in [-0.25, -0.2) is 4.79 Å². The van der Waals surface area contributed by atoms with E-state index in [9.17, 15) is 29.1 Å². The third-order valence-electron chi connectivity index (χ3n) is 5.97. The first-order chi connectivity index (χ1) is 17.8. The van der Waals surface area contributed by atoms with Gasteiger partial charge in [0, 0.05) is 13.0 Å². The lowest BCUT2D eigenvalue weighted by atomic mass is 9.96. The molecule has 0 bridgehead atoms. The highest BCUT2D eigenvalue weighted by Gasteiger charge is 2.32. The molecule has 0 aliphatic rings. The number of hydrogen-bond donors (Lipinski definition) is 9. The lowest BCUT2D eigenvalue weighted by Crippen LogP contribution is -2.58. The number of amides is 4. The van der Waals surface area contributed by atoms with Crippen molar-refractivity contribution < 1.29 is 29.1 Å². The number of nitrogens with zero attached hydrogens (tertiary/aromatic N) is 1. The number of guanidine groups is 1. The third kappa shape index (κ3) is 14.3. The zero-order valence-corrected chi connectivity index (χ0v) is 22.3. The molecule has 14 N–H and O–H groups in total. The summed E-state index contributed by atoms with van der Waals surface area (Å²) >= 11 is 0. The van der Waals surface area contributed by atoms with E-state index in [-0.39, 0.29) is 44.1 Å². The molecule has 0 spiro atoms. The quantitative estimate of drug-likeness (QED) is 0.0436. The van der Waals surface area contributed by atoms with Crippen LogP contribution in [0.3, 0.4) is 0 Å². The minimum Gasteiger partial charge on any atom is -0.480 e. The van der Waals surface area contributed by atoms with Crippen molar-refractivity contribution in [2.24, 2.45) is 39.6 Å². The Kier molecular flexibility index (Phi) is 17.0. The van der Waals surface area contributed by atoms with Crippen LogP contribution in [0, 0.1) is 5.92 Å². The summed E-state index contributed by atoms with van der Waals surface area (Å²) in [5.41, 5.74) is 27.0. The summed E-state index contributed by atoms with van der Waals surface area (Å²) in [6.45, 7) is 4.14. The predicted octanol–water partition coefficient (Wildman–Crippen LogP) is -2.65. The summed E-state index contributed by atoms with van der Waals surface area (Å²) in [5.74, 6) is -4.30. The lowest BCUT2D eigenvalue weighted by molar-refractivity contribution is -0.143. The third-order valence-corrected chi connectivity index (χ3v) is 5.97. The van der Waals surface area contributed by atoms with Crippen LogP contribution in [0.2, 0.25) is 0 Å². The maximum absolute atomic E-state index is 13.2. The number of carboxylic acid groups (broad SMARTS) is 1. The molecule has 0 fully saturated rings. The van der Waals surface area contributed by atoms with Crippen molar-refractivity contribution in [2.45, 2.75) is 89.4 Å². The molecule has 0 aromatic heterocycles. The van der Waals surface area contributed by atoms with Gasteiger partial charge in [0.2, 0.25) is 23.6 Å². The van der Waals surface area contributed by atoms with Gasteiger partial charge in [-0.1, -0.05) is 20.3 Å². The van der Waals surface area contributed by atoms with Gasteiger partial charge in [0.1, 0.15) is 18.1 Å². The minimum absolute atomic E-state index is 0.0118. The fourth-order valence-corrected chi connectivity index (χ4v) is 3.45. The molecule has 218 valence electrons. The standard InChI is InChI=1S/C23H45N9O6/c1-3-13(2)18(21(36)31-16(22(37)38)7-4-5-11-24)32-20(35)15(8-6-12-29-23(27)28)30-19(34)14(25)9-10-17(26)33/h13-16,18H,3-12,24-25H2,1-2H3,(H2,26,33)(H,30,34)(H,31,36)(H,32,35)(H,37,38)(H4,27,28,29). The largest absolute Gasteiger partial charge is 0.480 e.